The molecule has 1 fully saturated rings. The van der Waals surface area contributed by atoms with Crippen molar-refractivity contribution in [3.63, 3.8) is 0 Å². The van der Waals surface area contributed by atoms with Crippen LogP contribution in [0.3, 0.4) is 0 Å². The van der Waals surface area contributed by atoms with Gasteiger partial charge in [0.15, 0.2) is 0 Å². The van der Waals surface area contributed by atoms with Crippen molar-refractivity contribution < 1.29 is 18.8 Å². The molecule has 2 aliphatic rings. The first-order valence-corrected chi connectivity index (χ1v) is 6.60. The van der Waals surface area contributed by atoms with Crippen LogP contribution in [0.15, 0.2) is 29.4 Å². The fraction of sp³-hybridized carbons (Fsp3) is 0.429. The van der Waals surface area contributed by atoms with E-state index in [4.69, 9.17) is 9.57 Å². The van der Waals surface area contributed by atoms with Crippen LogP contribution in [-0.4, -0.2) is 48.9 Å². The molecule has 1 aromatic carbocycles. The molecule has 0 aliphatic carbocycles. The van der Waals surface area contributed by atoms with Gasteiger partial charge in [-0.2, -0.15) is 0 Å². The van der Waals surface area contributed by atoms with E-state index >= 15 is 0 Å². The molecule has 1 saturated heterocycles. The maximum Gasteiger partial charge on any atom is 0.267 e. The van der Waals surface area contributed by atoms with E-state index in [1.165, 1.54) is 6.07 Å². The Bertz CT molecular complexity index is 541. The zero-order valence-corrected chi connectivity index (χ0v) is 10.9. The first-order chi connectivity index (χ1) is 9.75. The van der Waals surface area contributed by atoms with Crippen molar-refractivity contribution in [2.45, 2.75) is 12.5 Å². The summed E-state index contributed by atoms with van der Waals surface area (Å²) in [6.07, 6.45) is -0.348. The number of carbonyl (C=O) groups is 1. The van der Waals surface area contributed by atoms with Crippen LogP contribution in [0.2, 0.25) is 0 Å². The predicted molar refractivity (Wildman–Crippen MR) is 69.8 cm³/mol. The molecule has 2 heterocycles. The summed E-state index contributed by atoms with van der Waals surface area (Å²) in [5.41, 5.74) is 0.875. The van der Waals surface area contributed by atoms with Gasteiger partial charge in [-0.3, -0.25) is 4.79 Å². The number of hydrogen-bond donors (Lipinski definition) is 0. The Morgan fingerprint density at radius 3 is 2.80 bits per heavy atom. The van der Waals surface area contributed by atoms with Crippen LogP contribution in [0.5, 0.6) is 0 Å². The fourth-order valence-corrected chi connectivity index (χ4v) is 2.35. The van der Waals surface area contributed by atoms with E-state index in [9.17, 15) is 9.18 Å². The van der Waals surface area contributed by atoms with Gasteiger partial charge in [-0.05, 0) is 6.07 Å². The maximum atomic E-state index is 13.7. The summed E-state index contributed by atoms with van der Waals surface area (Å²) in [7, 11) is 0. The molecular formula is C14H15FN2O3. The van der Waals surface area contributed by atoms with Gasteiger partial charge in [0.1, 0.15) is 5.82 Å². The van der Waals surface area contributed by atoms with E-state index in [0.717, 1.165) is 0 Å². The number of nitrogens with zero attached hydrogens (tertiary/aromatic N) is 2. The molecule has 6 heteroatoms. The molecule has 5 nitrogen and oxygen atoms in total. The van der Waals surface area contributed by atoms with Gasteiger partial charge in [-0.1, -0.05) is 23.4 Å². The number of carbonyl (C=O) groups excluding carboxylic acids is 1. The molecule has 0 bridgehead atoms. The summed E-state index contributed by atoms with van der Waals surface area (Å²) in [6.45, 7) is 2.21. The Kier molecular flexibility index (Phi) is 3.64. The summed E-state index contributed by atoms with van der Waals surface area (Å²) >= 11 is 0. The summed E-state index contributed by atoms with van der Waals surface area (Å²) in [5, 5.41) is 3.86. The lowest BCUT2D eigenvalue weighted by Gasteiger charge is -2.28. The summed E-state index contributed by atoms with van der Waals surface area (Å²) in [4.78, 5) is 19.1. The topological polar surface area (TPSA) is 51.1 Å². The second-order valence-corrected chi connectivity index (χ2v) is 4.75. The number of amides is 1. The standard InChI is InChI=1S/C14H15FN2O3/c15-11-4-2-1-3-10(11)12-9-13(20-16-12)14(18)17-5-7-19-8-6-17/h1-4,13H,5-9H2/t13-/m0/s1. The second kappa shape index (κ2) is 5.58. The number of hydrogen-bond acceptors (Lipinski definition) is 4. The van der Waals surface area contributed by atoms with Crippen LogP contribution >= 0.6 is 0 Å². The van der Waals surface area contributed by atoms with Gasteiger partial charge in [-0.15, -0.1) is 0 Å². The molecule has 0 spiro atoms. The number of oxime groups is 1. The molecule has 3 rings (SSSR count). The molecule has 0 aromatic heterocycles. The Morgan fingerprint density at radius 1 is 1.30 bits per heavy atom. The first kappa shape index (κ1) is 13.1. The number of morpholine rings is 1. The molecule has 1 amide bonds. The maximum absolute atomic E-state index is 13.7. The highest BCUT2D eigenvalue weighted by Gasteiger charge is 2.33. The number of halogens is 1. The molecule has 0 unspecified atom stereocenters. The monoisotopic (exact) mass is 278 g/mol. The van der Waals surface area contributed by atoms with Crippen LogP contribution in [0, 0.1) is 5.82 Å². The second-order valence-electron chi connectivity index (χ2n) is 4.75. The predicted octanol–water partition coefficient (Wildman–Crippen LogP) is 1.18. The Balaban J connectivity index is 1.66. The van der Waals surface area contributed by atoms with Gasteiger partial charge < -0.3 is 14.5 Å². The van der Waals surface area contributed by atoms with Crippen LogP contribution in [0.4, 0.5) is 4.39 Å². The van der Waals surface area contributed by atoms with Crippen molar-refractivity contribution in [3.05, 3.63) is 35.6 Å². The van der Waals surface area contributed by atoms with E-state index in [2.05, 4.69) is 5.16 Å². The normalized spacial score (nSPS) is 22.4. The highest BCUT2D eigenvalue weighted by Crippen LogP contribution is 2.20. The number of benzene rings is 1. The van der Waals surface area contributed by atoms with E-state index in [1.807, 2.05) is 0 Å². The lowest BCUT2D eigenvalue weighted by atomic mass is 10.0. The Hall–Kier alpha value is -1.95. The highest BCUT2D eigenvalue weighted by molar-refractivity contribution is 6.04. The van der Waals surface area contributed by atoms with Gasteiger partial charge in [-0.25, -0.2) is 4.39 Å². The van der Waals surface area contributed by atoms with Crippen molar-refractivity contribution in [1.29, 1.82) is 0 Å². The molecule has 0 N–H and O–H groups in total. The molecule has 0 saturated carbocycles. The van der Waals surface area contributed by atoms with Crippen LogP contribution in [0.1, 0.15) is 12.0 Å². The van der Waals surface area contributed by atoms with Gasteiger partial charge in [0.25, 0.3) is 5.91 Å². The van der Waals surface area contributed by atoms with Crippen LogP contribution < -0.4 is 0 Å². The van der Waals surface area contributed by atoms with Gasteiger partial charge in [0.05, 0.1) is 18.9 Å². The molecule has 20 heavy (non-hydrogen) atoms. The average molecular weight is 278 g/mol. The van der Waals surface area contributed by atoms with Crippen molar-refractivity contribution >= 4 is 11.6 Å². The van der Waals surface area contributed by atoms with Crippen molar-refractivity contribution in [1.82, 2.24) is 4.90 Å². The lowest BCUT2D eigenvalue weighted by Crippen LogP contribution is -2.45. The largest absolute Gasteiger partial charge is 0.382 e. The SMILES string of the molecule is O=C([C@@H]1CC(c2ccccc2F)=NO1)N1CCOCC1. The zero-order valence-electron chi connectivity index (χ0n) is 10.9. The lowest BCUT2D eigenvalue weighted by molar-refractivity contribution is -0.146. The number of ether oxygens (including phenoxy) is 1. The minimum absolute atomic E-state index is 0.108. The Morgan fingerprint density at radius 2 is 2.05 bits per heavy atom. The quantitative estimate of drug-likeness (QED) is 0.816. The minimum atomic E-state index is -0.650. The summed E-state index contributed by atoms with van der Waals surface area (Å²) < 4.78 is 18.9. The fourth-order valence-electron chi connectivity index (χ4n) is 2.35. The van der Waals surface area contributed by atoms with Crippen molar-refractivity contribution in [2.75, 3.05) is 26.3 Å². The minimum Gasteiger partial charge on any atom is -0.382 e. The van der Waals surface area contributed by atoms with Gasteiger partial charge in [0, 0.05) is 25.1 Å². The van der Waals surface area contributed by atoms with E-state index in [1.54, 1.807) is 23.1 Å². The molecule has 1 aromatic rings. The third kappa shape index (κ3) is 2.51. The third-order valence-electron chi connectivity index (χ3n) is 3.45. The average Bonchev–Trinajstić information content (AvgIpc) is 2.97. The summed E-state index contributed by atoms with van der Waals surface area (Å²) in [5.74, 6) is -0.460. The van der Waals surface area contributed by atoms with Crippen LogP contribution in [0.25, 0.3) is 0 Å². The molecule has 1 atom stereocenters. The van der Waals surface area contributed by atoms with Gasteiger partial charge in [0.2, 0.25) is 6.10 Å². The van der Waals surface area contributed by atoms with Crippen LogP contribution in [-0.2, 0) is 14.4 Å². The third-order valence-corrected chi connectivity index (χ3v) is 3.45. The smallest absolute Gasteiger partial charge is 0.267 e. The molecule has 0 radical (unpaired) electrons. The van der Waals surface area contributed by atoms with E-state index in [0.29, 0.717) is 44.0 Å². The molecule has 106 valence electrons. The Labute approximate surface area is 116 Å². The number of rotatable bonds is 2. The highest BCUT2D eigenvalue weighted by atomic mass is 19.1. The first-order valence-electron chi connectivity index (χ1n) is 6.60. The van der Waals surface area contributed by atoms with Crippen molar-refractivity contribution in [3.8, 4) is 0 Å². The zero-order chi connectivity index (χ0) is 13.9. The van der Waals surface area contributed by atoms with E-state index < -0.39 is 6.10 Å². The van der Waals surface area contributed by atoms with Gasteiger partial charge >= 0.3 is 0 Å². The molecular weight excluding hydrogens is 263 g/mol. The summed E-state index contributed by atoms with van der Waals surface area (Å²) in [6, 6.07) is 6.36. The van der Waals surface area contributed by atoms with Crippen molar-refractivity contribution in [2.24, 2.45) is 5.16 Å². The van der Waals surface area contributed by atoms with E-state index in [-0.39, 0.29) is 11.7 Å². The molecule has 2 aliphatic heterocycles.